The number of benzene rings is 1. The van der Waals surface area contributed by atoms with E-state index in [-0.39, 0.29) is 5.91 Å². The van der Waals surface area contributed by atoms with Crippen LogP contribution >= 0.6 is 0 Å². The molecular weight excluding hydrogens is 228 g/mol. The van der Waals surface area contributed by atoms with Gasteiger partial charge in [0.15, 0.2) is 5.76 Å². The zero-order valence-electron chi connectivity index (χ0n) is 10.3. The summed E-state index contributed by atoms with van der Waals surface area (Å²) in [7, 11) is 0. The SMILES string of the molecule is Cc1cccc2cc(C(=O)NCC3CNC3)oc12. The van der Waals surface area contributed by atoms with E-state index < -0.39 is 0 Å². The predicted octanol–water partition coefficient (Wildman–Crippen LogP) is 1.69. The quantitative estimate of drug-likeness (QED) is 0.864. The Kier molecular flexibility index (Phi) is 2.80. The van der Waals surface area contributed by atoms with Crippen molar-refractivity contribution in [3.05, 3.63) is 35.6 Å². The molecule has 4 heteroatoms. The summed E-state index contributed by atoms with van der Waals surface area (Å²) in [6.07, 6.45) is 0. The summed E-state index contributed by atoms with van der Waals surface area (Å²) in [4.78, 5) is 11.9. The van der Waals surface area contributed by atoms with Crippen molar-refractivity contribution in [1.29, 1.82) is 0 Å². The topological polar surface area (TPSA) is 54.3 Å². The number of nitrogens with one attached hydrogen (secondary N) is 2. The molecule has 4 nitrogen and oxygen atoms in total. The van der Waals surface area contributed by atoms with Gasteiger partial charge < -0.3 is 15.1 Å². The lowest BCUT2D eigenvalue weighted by Gasteiger charge is -2.26. The number of carbonyl (C=O) groups excluding carboxylic acids is 1. The summed E-state index contributed by atoms with van der Waals surface area (Å²) in [5.74, 6) is 0.823. The Balaban J connectivity index is 1.76. The Labute approximate surface area is 105 Å². The van der Waals surface area contributed by atoms with Crippen molar-refractivity contribution < 1.29 is 9.21 Å². The number of amides is 1. The first-order valence-corrected chi connectivity index (χ1v) is 6.22. The minimum atomic E-state index is -0.127. The van der Waals surface area contributed by atoms with Gasteiger partial charge in [-0.2, -0.15) is 0 Å². The van der Waals surface area contributed by atoms with E-state index in [1.165, 1.54) is 0 Å². The number of aryl methyl sites for hydroxylation is 1. The van der Waals surface area contributed by atoms with Crippen LogP contribution in [-0.4, -0.2) is 25.5 Å². The van der Waals surface area contributed by atoms with Crippen LogP contribution in [0.3, 0.4) is 0 Å². The lowest BCUT2D eigenvalue weighted by molar-refractivity contribution is 0.0916. The van der Waals surface area contributed by atoms with E-state index >= 15 is 0 Å². The van der Waals surface area contributed by atoms with Crippen molar-refractivity contribution in [1.82, 2.24) is 10.6 Å². The summed E-state index contributed by atoms with van der Waals surface area (Å²) in [6, 6.07) is 7.71. The van der Waals surface area contributed by atoms with Crippen LogP contribution in [0.1, 0.15) is 16.1 Å². The number of para-hydroxylation sites is 1. The Hall–Kier alpha value is -1.81. The van der Waals surface area contributed by atoms with Gasteiger partial charge in [0.05, 0.1) is 0 Å². The van der Waals surface area contributed by atoms with Crippen LogP contribution in [0.15, 0.2) is 28.7 Å². The standard InChI is InChI=1S/C14H16N2O2/c1-9-3-2-4-11-5-12(18-13(9)11)14(17)16-8-10-6-15-7-10/h2-5,10,15H,6-8H2,1H3,(H,16,17). The van der Waals surface area contributed by atoms with E-state index in [2.05, 4.69) is 10.6 Å². The average Bonchev–Trinajstić information content (AvgIpc) is 2.72. The third kappa shape index (κ3) is 1.99. The van der Waals surface area contributed by atoms with Crippen molar-refractivity contribution in [2.24, 2.45) is 5.92 Å². The van der Waals surface area contributed by atoms with Crippen molar-refractivity contribution >= 4 is 16.9 Å². The smallest absolute Gasteiger partial charge is 0.287 e. The zero-order valence-corrected chi connectivity index (χ0v) is 10.3. The highest BCUT2D eigenvalue weighted by molar-refractivity contribution is 5.96. The minimum Gasteiger partial charge on any atom is -0.451 e. The molecule has 0 radical (unpaired) electrons. The fourth-order valence-electron chi connectivity index (χ4n) is 2.14. The predicted molar refractivity (Wildman–Crippen MR) is 69.6 cm³/mol. The second-order valence-electron chi connectivity index (χ2n) is 4.84. The molecule has 0 bridgehead atoms. The van der Waals surface area contributed by atoms with Crippen LogP contribution in [0, 0.1) is 12.8 Å². The highest BCUT2D eigenvalue weighted by Crippen LogP contribution is 2.22. The van der Waals surface area contributed by atoms with Gasteiger partial charge in [-0.1, -0.05) is 18.2 Å². The monoisotopic (exact) mass is 244 g/mol. The van der Waals surface area contributed by atoms with E-state index in [0.29, 0.717) is 18.2 Å². The summed E-state index contributed by atoms with van der Waals surface area (Å²) in [5, 5.41) is 7.06. The van der Waals surface area contributed by atoms with Gasteiger partial charge in [0, 0.05) is 30.9 Å². The molecule has 0 unspecified atom stereocenters. The normalized spacial score (nSPS) is 15.6. The maximum absolute atomic E-state index is 11.9. The van der Waals surface area contributed by atoms with Crippen LogP contribution in [0.5, 0.6) is 0 Å². The highest BCUT2D eigenvalue weighted by Gasteiger charge is 2.19. The van der Waals surface area contributed by atoms with Gasteiger partial charge in [-0.3, -0.25) is 4.79 Å². The Morgan fingerprint density at radius 3 is 3.00 bits per heavy atom. The van der Waals surface area contributed by atoms with Gasteiger partial charge in [-0.05, 0) is 18.6 Å². The summed E-state index contributed by atoms with van der Waals surface area (Å²) in [5.41, 5.74) is 1.85. The highest BCUT2D eigenvalue weighted by atomic mass is 16.3. The fraction of sp³-hybridized carbons (Fsp3) is 0.357. The first-order valence-electron chi connectivity index (χ1n) is 6.22. The van der Waals surface area contributed by atoms with E-state index in [9.17, 15) is 4.79 Å². The molecule has 2 heterocycles. The number of carbonyl (C=O) groups is 1. The molecule has 1 aromatic carbocycles. The van der Waals surface area contributed by atoms with Gasteiger partial charge in [-0.25, -0.2) is 0 Å². The number of hydrogen-bond acceptors (Lipinski definition) is 3. The molecule has 0 aliphatic carbocycles. The molecule has 1 aliphatic heterocycles. The molecule has 2 aromatic rings. The second-order valence-corrected chi connectivity index (χ2v) is 4.84. The summed E-state index contributed by atoms with van der Waals surface area (Å²) < 4.78 is 5.62. The van der Waals surface area contributed by atoms with Crippen LogP contribution < -0.4 is 10.6 Å². The maximum atomic E-state index is 11.9. The van der Waals surface area contributed by atoms with Gasteiger partial charge in [0.2, 0.25) is 0 Å². The Bertz CT molecular complexity index is 584. The van der Waals surface area contributed by atoms with Crippen molar-refractivity contribution in [3.63, 3.8) is 0 Å². The number of hydrogen-bond donors (Lipinski definition) is 2. The maximum Gasteiger partial charge on any atom is 0.287 e. The molecule has 18 heavy (non-hydrogen) atoms. The molecule has 0 atom stereocenters. The number of fused-ring (bicyclic) bond motifs is 1. The van der Waals surface area contributed by atoms with Crippen molar-refractivity contribution in [2.75, 3.05) is 19.6 Å². The van der Waals surface area contributed by atoms with E-state index in [1.54, 1.807) is 6.07 Å². The molecule has 1 aliphatic rings. The van der Waals surface area contributed by atoms with Crippen LogP contribution in [0.2, 0.25) is 0 Å². The van der Waals surface area contributed by atoms with Crippen molar-refractivity contribution in [3.8, 4) is 0 Å². The van der Waals surface area contributed by atoms with Crippen molar-refractivity contribution in [2.45, 2.75) is 6.92 Å². The minimum absolute atomic E-state index is 0.127. The molecule has 3 rings (SSSR count). The molecule has 1 amide bonds. The van der Waals surface area contributed by atoms with Gasteiger partial charge >= 0.3 is 0 Å². The fourth-order valence-corrected chi connectivity index (χ4v) is 2.14. The lowest BCUT2D eigenvalue weighted by Crippen LogP contribution is -2.48. The van der Waals surface area contributed by atoms with Gasteiger partial charge in [-0.15, -0.1) is 0 Å². The lowest BCUT2D eigenvalue weighted by atomic mass is 10.0. The molecule has 0 spiro atoms. The van der Waals surface area contributed by atoms with Gasteiger partial charge in [0.1, 0.15) is 5.58 Å². The third-order valence-electron chi connectivity index (χ3n) is 3.38. The van der Waals surface area contributed by atoms with Crippen LogP contribution in [0.25, 0.3) is 11.0 Å². The van der Waals surface area contributed by atoms with Crippen LogP contribution in [-0.2, 0) is 0 Å². The summed E-state index contributed by atoms with van der Waals surface area (Å²) >= 11 is 0. The Morgan fingerprint density at radius 1 is 1.50 bits per heavy atom. The number of furan rings is 1. The van der Waals surface area contributed by atoms with E-state index in [1.807, 2.05) is 25.1 Å². The zero-order chi connectivity index (χ0) is 12.5. The van der Waals surface area contributed by atoms with E-state index in [0.717, 1.165) is 29.6 Å². The molecule has 1 saturated heterocycles. The van der Waals surface area contributed by atoms with Crippen LogP contribution in [0.4, 0.5) is 0 Å². The molecule has 0 saturated carbocycles. The number of rotatable bonds is 3. The first-order chi connectivity index (χ1) is 8.74. The second kappa shape index (κ2) is 4.46. The van der Waals surface area contributed by atoms with E-state index in [4.69, 9.17) is 4.42 Å². The average molecular weight is 244 g/mol. The Morgan fingerprint density at radius 2 is 2.33 bits per heavy atom. The molecule has 2 N–H and O–H groups in total. The molecule has 1 fully saturated rings. The third-order valence-corrected chi connectivity index (χ3v) is 3.38. The largest absolute Gasteiger partial charge is 0.451 e. The molecular formula is C14H16N2O2. The first kappa shape index (κ1) is 11.3. The molecule has 1 aromatic heterocycles. The van der Waals surface area contributed by atoms with Gasteiger partial charge in [0.25, 0.3) is 5.91 Å². The summed E-state index contributed by atoms with van der Waals surface area (Å²) in [6.45, 7) is 4.66. The molecule has 94 valence electrons.